The van der Waals surface area contributed by atoms with Gasteiger partial charge in [0.15, 0.2) is 0 Å². The average molecular weight is 606 g/mol. The molecule has 0 spiro atoms. The Morgan fingerprint density at radius 2 is 1.30 bits per heavy atom. The molecular weight excluding hydrogens is 578 g/mol. The zero-order chi connectivity index (χ0) is 30.9. The molecule has 0 N–H and O–H groups in total. The minimum atomic E-state index is 0.0770. The van der Waals surface area contributed by atoms with Gasteiger partial charge in [-0.2, -0.15) is 0 Å². The number of hydrogen-bond acceptors (Lipinski definition) is 5. The molecule has 0 bridgehead atoms. The van der Waals surface area contributed by atoms with E-state index >= 15 is 0 Å². The first kappa shape index (κ1) is 25.9. The second kappa shape index (κ2) is 10.1. The maximum atomic E-state index is 5.57. The highest BCUT2D eigenvalue weighted by atomic mass is 15.2. The third kappa shape index (κ3) is 3.68. The molecule has 1 aliphatic heterocycles. The predicted molar refractivity (Wildman–Crippen MR) is 188 cm³/mol. The molecule has 0 fully saturated rings. The number of benzene rings is 4. The largest absolute Gasteiger partial charge is 0.331 e. The number of para-hydroxylation sites is 3. The Kier molecular flexibility index (Phi) is 5.57. The number of allylic oxidation sites excluding steroid dienone is 2. The highest BCUT2D eigenvalue weighted by Crippen LogP contribution is 2.56. The molecule has 0 amide bonds. The van der Waals surface area contributed by atoms with Crippen LogP contribution in [0, 0.1) is 0 Å². The van der Waals surface area contributed by atoms with E-state index in [1.165, 1.54) is 16.5 Å². The lowest BCUT2D eigenvalue weighted by Gasteiger charge is -2.29. The van der Waals surface area contributed by atoms with Crippen molar-refractivity contribution in [1.82, 2.24) is 29.1 Å². The Morgan fingerprint density at radius 1 is 0.596 bits per heavy atom. The van der Waals surface area contributed by atoms with Crippen LogP contribution in [0.2, 0.25) is 0 Å². The highest BCUT2D eigenvalue weighted by molar-refractivity contribution is 6.25. The second-order valence-corrected chi connectivity index (χ2v) is 12.0. The van der Waals surface area contributed by atoms with Crippen molar-refractivity contribution in [2.75, 3.05) is 4.90 Å². The number of hydrogen-bond donors (Lipinski definition) is 0. The Bertz CT molecular complexity index is 2520. The first-order valence-corrected chi connectivity index (χ1v) is 15.8. The van der Waals surface area contributed by atoms with Crippen LogP contribution in [0.1, 0.15) is 11.5 Å². The molecule has 1 aliphatic carbocycles. The van der Waals surface area contributed by atoms with Crippen molar-refractivity contribution < 1.29 is 0 Å². The molecule has 4 aromatic heterocycles. The molecule has 5 heterocycles. The van der Waals surface area contributed by atoms with Crippen molar-refractivity contribution in [2.24, 2.45) is 0 Å². The molecule has 0 saturated heterocycles. The lowest BCUT2D eigenvalue weighted by Crippen LogP contribution is -2.28. The van der Waals surface area contributed by atoms with E-state index in [0.29, 0.717) is 0 Å². The Balaban J connectivity index is 1.50. The van der Waals surface area contributed by atoms with E-state index in [-0.39, 0.29) is 12.0 Å². The normalized spacial score (nSPS) is 16.7. The summed E-state index contributed by atoms with van der Waals surface area (Å²) >= 11 is 0. The van der Waals surface area contributed by atoms with E-state index in [9.17, 15) is 0 Å². The van der Waals surface area contributed by atoms with Gasteiger partial charge in [0.2, 0.25) is 0 Å². The summed E-state index contributed by atoms with van der Waals surface area (Å²) in [5, 5.41) is 2.31. The Hall–Kier alpha value is -6.34. The van der Waals surface area contributed by atoms with Crippen LogP contribution in [0.25, 0.3) is 55.6 Å². The summed E-state index contributed by atoms with van der Waals surface area (Å²) in [5.74, 6) is 0.922. The van der Waals surface area contributed by atoms with Crippen LogP contribution < -0.4 is 4.90 Å². The van der Waals surface area contributed by atoms with Gasteiger partial charge in [-0.1, -0.05) is 78.9 Å². The number of anilines is 2. The number of imidazole rings is 1. The third-order valence-corrected chi connectivity index (χ3v) is 9.49. The van der Waals surface area contributed by atoms with Gasteiger partial charge in [0.1, 0.15) is 17.7 Å². The summed E-state index contributed by atoms with van der Waals surface area (Å²) in [6.45, 7) is 0. The number of rotatable bonds is 4. The van der Waals surface area contributed by atoms with E-state index in [1.807, 2.05) is 36.9 Å². The van der Waals surface area contributed by atoms with Gasteiger partial charge < -0.3 is 9.47 Å². The van der Waals surface area contributed by atoms with Crippen molar-refractivity contribution >= 4 is 44.2 Å². The van der Waals surface area contributed by atoms with E-state index in [1.54, 1.807) is 6.33 Å². The fraction of sp³-hybridized carbons (Fsp3) is 0.0500. The minimum absolute atomic E-state index is 0.0770. The second-order valence-electron chi connectivity index (χ2n) is 12.0. The highest BCUT2D eigenvalue weighted by Gasteiger charge is 2.43. The maximum absolute atomic E-state index is 5.57. The molecule has 2 aliphatic rings. The quantitative estimate of drug-likeness (QED) is 0.201. The smallest absolute Gasteiger partial charge is 0.146 e. The Labute approximate surface area is 270 Å². The van der Waals surface area contributed by atoms with Crippen LogP contribution in [0.4, 0.5) is 11.4 Å². The van der Waals surface area contributed by atoms with Gasteiger partial charge in [0, 0.05) is 51.6 Å². The maximum Gasteiger partial charge on any atom is 0.146 e. The lowest BCUT2D eigenvalue weighted by molar-refractivity contribution is 0.746. The first-order chi connectivity index (χ1) is 23.4. The van der Waals surface area contributed by atoms with Crippen molar-refractivity contribution in [3.05, 3.63) is 158 Å². The molecule has 8 aromatic rings. The van der Waals surface area contributed by atoms with Crippen molar-refractivity contribution in [2.45, 2.75) is 12.0 Å². The molecule has 0 saturated carbocycles. The molecule has 7 nitrogen and oxygen atoms in total. The van der Waals surface area contributed by atoms with Crippen LogP contribution in [0.15, 0.2) is 152 Å². The topological polar surface area (TPSA) is 64.7 Å². The van der Waals surface area contributed by atoms with Gasteiger partial charge in [-0.25, -0.2) is 15.0 Å². The molecule has 2 atom stereocenters. The monoisotopic (exact) mass is 605 g/mol. The first-order valence-electron chi connectivity index (χ1n) is 15.8. The van der Waals surface area contributed by atoms with Crippen LogP contribution >= 0.6 is 0 Å². The van der Waals surface area contributed by atoms with Crippen LogP contribution in [0.3, 0.4) is 0 Å². The summed E-state index contributed by atoms with van der Waals surface area (Å²) < 4.78 is 4.69. The zero-order valence-corrected chi connectivity index (χ0v) is 25.2. The number of pyridine rings is 1. The van der Waals surface area contributed by atoms with Crippen molar-refractivity contribution in [3.8, 4) is 22.8 Å². The SMILES string of the molecule is C1=CC2c3c(c4c(nc(-c5ccncc5)n4-c4cncnc4)c4c5ccccc5n(-c5ccccc5)c34)N(c3ccccc3)C2C=C1. The summed E-state index contributed by atoms with van der Waals surface area (Å²) in [7, 11) is 0. The Morgan fingerprint density at radius 3 is 2.09 bits per heavy atom. The summed E-state index contributed by atoms with van der Waals surface area (Å²) in [4.78, 5) is 21.3. The number of nitrogens with zero attached hydrogens (tertiary/aromatic N) is 7. The molecule has 222 valence electrons. The van der Waals surface area contributed by atoms with Crippen molar-refractivity contribution in [1.29, 1.82) is 0 Å². The number of aromatic nitrogens is 6. The van der Waals surface area contributed by atoms with Gasteiger partial charge in [-0.15, -0.1) is 0 Å². The van der Waals surface area contributed by atoms with E-state index in [0.717, 1.165) is 56.1 Å². The fourth-order valence-corrected chi connectivity index (χ4v) is 7.69. The molecular formula is C40H27N7. The molecule has 4 aromatic carbocycles. The molecule has 47 heavy (non-hydrogen) atoms. The van der Waals surface area contributed by atoms with E-state index in [2.05, 4.69) is 138 Å². The third-order valence-electron chi connectivity index (χ3n) is 9.49. The lowest BCUT2D eigenvalue weighted by atomic mass is 9.89. The summed E-state index contributed by atoms with van der Waals surface area (Å²) in [5.41, 5.74) is 10.8. The van der Waals surface area contributed by atoms with Crippen LogP contribution in [-0.4, -0.2) is 35.1 Å². The molecule has 0 radical (unpaired) electrons. The average Bonchev–Trinajstić information content (AvgIpc) is 3.81. The summed E-state index contributed by atoms with van der Waals surface area (Å²) in [6, 6.07) is 34.3. The van der Waals surface area contributed by atoms with E-state index < -0.39 is 0 Å². The van der Waals surface area contributed by atoms with Gasteiger partial charge >= 0.3 is 0 Å². The fourth-order valence-electron chi connectivity index (χ4n) is 7.69. The van der Waals surface area contributed by atoms with Crippen LogP contribution in [-0.2, 0) is 0 Å². The standard InChI is InChI=1S/C40H27N7/c1-3-11-27(12-4-1)45-32-17-9-7-15-30(32)34-36-39(47(29-23-42-25-43-24-29)40(44-36)26-19-21-41-22-20-26)38-35(37(34)45)31-16-8-10-18-33(31)46(38)28-13-5-2-6-14-28/h1-25,31,33H. The van der Waals surface area contributed by atoms with Gasteiger partial charge in [-0.05, 0) is 42.5 Å². The van der Waals surface area contributed by atoms with Gasteiger partial charge in [-0.3, -0.25) is 9.55 Å². The molecule has 10 rings (SSSR count). The zero-order valence-electron chi connectivity index (χ0n) is 25.2. The van der Waals surface area contributed by atoms with Gasteiger partial charge in [0.25, 0.3) is 0 Å². The van der Waals surface area contributed by atoms with Crippen molar-refractivity contribution in [3.63, 3.8) is 0 Å². The molecule has 2 unspecified atom stereocenters. The predicted octanol–water partition coefficient (Wildman–Crippen LogP) is 8.70. The van der Waals surface area contributed by atoms with Gasteiger partial charge in [0.05, 0.1) is 46.4 Å². The van der Waals surface area contributed by atoms with Crippen LogP contribution in [0.5, 0.6) is 0 Å². The number of fused-ring (bicyclic) bond motifs is 10. The summed E-state index contributed by atoms with van der Waals surface area (Å²) in [6.07, 6.45) is 18.0. The van der Waals surface area contributed by atoms with E-state index in [4.69, 9.17) is 4.98 Å². The minimum Gasteiger partial charge on any atom is -0.331 e. The molecule has 7 heteroatoms.